The molecule has 0 fully saturated rings. The predicted molar refractivity (Wildman–Crippen MR) is 122 cm³/mol. The summed E-state index contributed by atoms with van der Waals surface area (Å²) in [6.45, 7) is 0.397. The summed E-state index contributed by atoms with van der Waals surface area (Å²) in [5, 5.41) is 5.44. The number of hydrogen-bond donors (Lipinski definition) is 2. The smallest absolute Gasteiger partial charge is 0.258 e. The Labute approximate surface area is 179 Å². The highest BCUT2D eigenvalue weighted by molar-refractivity contribution is 7.09. The lowest BCUT2D eigenvalue weighted by Gasteiger charge is -2.05. The van der Waals surface area contributed by atoms with Crippen molar-refractivity contribution < 1.29 is 4.79 Å². The van der Waals surface area contributed by atoms with Crippen molar-refractivity contribution >= 4 is 56.0 Å². The molecule has 6 aromatic rings. The Balaban J connectivity index is 1.69. The summed E-state index contributed by atoms with van der Waals surface area (Å²) in [6.07, 6.45) is 0. The van der Waals surface area contributed by atoms with Gasteiger partial charge in [-0.15, -0.1) is 11.3 Å². The highest BCUT2D eigenvalue weighted by Crippen LogP contribution is 2.27. The third-order valence-corrected chi connectivity index (χ3v) is 6.19. The number of nitrogens with one attached hydrogen (secondary N) is 2. The molecule has 0 spiro atoms. The third-order valence-electron chi connectivity index (χ3n) is 5.31. The molecule has 150 valence electrons. The second kappa shape index (κ2) is 6.75. The minimum absolute atomic E-state index is 0.261. The van der Waals surface area contributed by atoms with Crippen LogP contribution in [0.2, 0.25) is 0 Å². The van der Waals surface area contributed by atoms with E-state index in [9.17, 15) is 9.59 Å². The molecule has 2 aromatic carbocycles. The van der Waals surface area contributed by atoms with E-state index in [4.69, 9.17) is 9.97 Å². The number of hydrogen-bond acceptors (Lipinski definition) is 5. The molecule has 0 bridgehead atoms. The van der Waals surface area contributed by atoms with Gasteiger partial charge >= 0.3 is 0 Å². The fourth-order valence-electron chi connectivity index (χ4n) is 3.92. The lowest BCUT2D eigenvalue weighted by molar-refractivity contribution is 0.0954. The Morgan fingerprint density at radius 3 is 2.58 bits per heavy atom. The average molecular weight is 425 g/mol. The molecule has 4 heterocycles. The lowest BCUT2D eigenvalue weighted by atomic mass is 10.2. The van der Waals surface area contributed by atoms with E-state index >= 15 is 0 Å². The predicted octanol–water partition coefficient (Wildman–Crippen LogP) is 3.87. The van der Waals surface area contributed by atoms with Gasteiger partial charge in [-0.3, -0.25) is 14.0 Å². The molecule has 0 atom stereocenters. The minimum atomic E-state index is -0.309. The van der Waals surface area contributed by atoms with E-state index in [1.54, 1.807) is 17.4 Å². The zero-order chi connectivity index (χ0) is 20.9. The molecule has 0 aliphatic carbocycles. The molecule has 4 aromatic heterocycles. The molecule has 0 saturated carbocycles. The van der Waals surface area contributed by atoms with E-state index in [1.807, 2.05) is 64.4 Å². The van der Waals surface area contributed by atoms with Gasteiger partial charge in [0.25, 0.3) is 11.5 Å². The summed E-state index contributed by atoms with van der Waals surface area (Å²) >= 11 is 1.57. The molecule has 1 amide bonds. The standard InChI is InChI=1S/C23H15N5O2S/c29-22-14-7-1-4-10-17(14)28-20(27-22)18(23(30)24-12-13-6-5-11-31-13)19-21(28)26-16-9-3-2-8-15(16)25-19/h1-11H,12H2,(H,24,30)(H,27,29). The molecular weight excluding hydrogens is 410 g/mol. The van der Waals surface area contributed by atoms with Crippen molar-refractivity contribution in [3.05, 3.63) is 86.8 Å². The van der Waals surface area contributed by atoms with Crippen LogP contribution >= 0.6 is 11.3 Å². The quantitative estimate of drug-likeness (QED) is 0.450. The Morgan fingerprint density at radius 2 is 1.77 bits per heavy atom. The number of thiophene rings is 1. The summed E-state index contributed by atoms with van der Waals surface area (Å²) < 4.78 is 1.81. The fourth-order valence-corrected chi connectivity index (χ4v) is 4.56. The molecule has 0 aliphatic rings. The van der Waals surface area contributed by atoms with Crippen LogP contribution in [0.15, 0.2) is 70.8 Å². The molecule has 0 unspecified atom stereocenters. The van der Waals surface area contributed by atoms with Crippen LogP contribution in [0, 0.1) is 0 Å². The largest absolute Gasteiger partial charge is 0.347 e. The number of carbonyl (C=O) groups is 1. The van der Waals surface area contributed by atoms with Gasteiger partial charge in [-0.2, -0.15) is 0 Å². The van der Waals surface area contributed by atoms with Crippen LogP contribution in [0.5, 0.6) is 0 Å². The van der Waals surface area contributed by atoms with E-state index in [2.05, 4.69) is 10.3 Å². The normalized spacial score (nSPS) is 11.6. The number of para-hydroxylation sites is 3. The highest BCUT2D eigenvalue weighted by Gasteiger charge is 2.24. The lowest BCUT2D eigenvalue weighted by Crippen LogP contribution is -2.23. The number of amides is 1. The number of fused-ring (bicyclic) bond motifs is 6. The Kier molecular flexibility index (Phi) is 3.87. The molecule has 31 heavy (non-hydrogen) atoms. The van der Waals surface area contributed by atoms with Gasteiger partial charge in [0.05, 0.1) is 28.5 Å². The maximum absolute atomic E-state index is 13.3. The number of nitrogens with zero attached hydrogens (tertiary/aromatic N) is 3. The Hall–Kier alpha value is -4.04. The van der Waals surface area contributed by atoms with Crippen LogP contribution in [-0.2, 0) is 6.54 Å². The van der Waals surface area contributed by atoms with Gasteiger partial charge in [-0.25, -0.2) is 9.97 Å². The van der Waals surface area contributed by atoms with Crippen molar-refractivity contribution in [2.75, 3.05) is 0 Å². The average Bonchev–Trinajstić information content (AvgIpc) is 3.42. The van der Waals surface area contributed by atoms with Gasteiger partial charge in [0, 0.05) is 4.88 Å². The number of aromatic amines is 1. The first-order valence-corrected chi connectivity index (χ1v) is 10.6. The molecule has 0 radical (unpaired) electrons. The molecule has 2 N–H and O–H groups in total. The van der Waals surface area contributed by atoms with Crippen molar-refractivity contribution in [1.82, 2.24) is 24.7 Å². The maximum Gasteiger partial charge on any atom is 0.258 e. The van der Waals surface area contributed by atoms with Crippen LogP contribution in [0.3, 0.4) is 0 Å². The van der Waals surface area contributed by atoms with Crippen LogP contribution < -0.4 is 10.9 Å². The second-order valence-corrected chi connectivity index (χ2v) is 8.21. The van der Waals surface area contributed by atoms with Crippen LogP contribution in [-0.4, -0.2) is 25.3 Å². The number of carbonyl (C=O) groups excluding carboxylic acids is 1. The summed E-state index contributed by atoms with van der Waals surface area (Å²) in [6, 6.07) is 18.7. The van der Waals surface area contributed by atoms with Crippen molar-refractivity contribution in [2.45, 2.75) is 6.54 Å². The summed E-state index contributed by atoms with van der Waals surface area (Å²) in [7, 11) is 0. The maximum atomic E-state index is 13.3. The van der Waals surface area contributed by atoms with Crippen molar-refractivity contribution in [1.29, 1.82) is 0 Å². The minimum Gasteiger partial charge on any atom is -0.347 e. The first-order chi connectivity index (χ1) is 15.2. The van der Waals surface area contributed by atoms with E-state index in [1.165, 1.54) is 0 Å². The van der Waals surface area contributed by atoms with E-state index < -0.39 is 0 Å². The molecule has 0 aliphatic heterocycles. The van der Waals surface area contributed by atoms with Crippen LogP contribution in [0.4, 0.5) is 0 Å². The van der Waals surface area contributed by atoms with Crippen molar-refractivity contribution in [2.24, 2.45) is 0 Å². The number of aromatic nitrogens is 4. The van der Waals surface area contributed by atoms with E-state index in [0.717, 1.165) is 10.4 Å². The van der Waals surface area contributed by atoms with Gasteiger partial charge in [0.2, 0.25) is 0 Å². The fraction of sp³-hybridized carbons (Fsp3) is 0.0435. The monoisotopic (exact) mass is 425 g/mol. The highest BCUT2D eigenvalue weighted by atomic mass is 32.1. The van der Waals surface area contributed by atoms with Gasteiger partial charge in [-0.05, 0) is 35.7 Å². The number of benzene rings is 2. The summed E-state index contributed by atoms with van der Waals surface area (Å²) in [5.74, 6) is -0.309. The first kappa shape index (κ1) is 17.8. The van der Waals surface area contributed by atoms with Crippen molar-refractivity contribution in [3.8, 4) is 0 Å². The number of rotatable bonds is 3. The first-order valence-electron chi connectivity index (χ1n) is 9.73. The van der Waals surface area contributed by atoms with E-state index in [-0.39, 0.29) is 11.5 Å². The molecule has 8 heteroatoms. The van der Waals surface area contributed by atoms with Crippen LogP contribution in [0.1, 0.15) is 15.2 Å². The molecule has 6 rings (SSSR count). The third kappa shape index (κ3) is 2.72. The van der Waals surface area contributed by atoms with Gasteiger partial charge in [-0.1, -0.05) is 30.3 Å². The molecule has 7 nitrogen and oxygen atoms in total. The SMILES string of the molecule is O=C(NCc1cccs1)c1c2nc3ccccc3nc2n2c1[nH]c(=O)c1ccccc12. The summed E-state index contributed by atoms with van der Waals surface area (Å²) in [5.41, 5.74) is 3.50. The Morgan fingerprint density at radius 1 is 1.00 bits per heavy atom. The summed E-state index contributed by atoms with van der Waals surface area (Å²) in [4.78, 5) is 39.6. The zero-order valence-corrected chi connectivity index (χ0v) is 16.9. The topological polar surface area (TPSA) is 92.2 Å². The van der Waals surface area contributed by atoms with Crippen molar-refractivity contribution in [3.63, 3.8) is 0 Å². The Bertz CT molecular complexity index is 1680. The second-order valence-electron chi connectivity index (χ2n) is 7.18. The van der Waals surface area contributed by atoms with Crippen LogP contribution in [0.25, 0.3) is 38.7 Å². The van der Waals surface area contributed by atoms with Gasteiger partial charge < -0.3 is 10.3 Å². The molecule has 0 saturated heterocycles. The zero-order valence-electron chi connectivity index (χ0n) is 16.1. The number of H-pyrrole nitrogens is 1. The van der Waals surface area contributed by atoms with Gasteiger partial charge in [0.1, 0.15) is 16.7 Å². The molecular formula is C23H15N5O2S. The van der Waals surface area contributed by atoms with E-state index in [0.29, 0.717) is 45.3 Å². The van der Waals surface area contributed by atoms with Gasteiger partial charge in [0.15, 0.2) is 5.65 Å².